The molecule has 0 saturated heterocycles. The largest absolute Gasteiger partial charge is 0.497 e. The molecule has 0 fully saturated rings. The lowest BCUT2D eigenvalue weighted by Crippen LogP contribution is -2.28. The molecule has 0 aliphatic heterocycles. The lowest BCUT2D eigenvalue weighted by molar-refractivity contribution is -0.127. The minimum atomic E-state index is -0.0834. The zero-order valence-electron chi connectivity index (χ0n) is 17.5. The summed E-state index contributed by atoms with van der Waals surface area (Å²) in [4.78, 5) is 19.1. The van der Waals surface area contributed by atoms with E-state index in [1.165, 1.54) is 0 Å². The van der Waals surface area contributed by atoms with Crippen LogP contribution in [0.5, 0.6) is 11.5 Å². The highest BCUT2D eigenvalue weighted by atomic mass is 16.5. The Labute approximate surface area is 177 Å². The molecule has 1 amide bonds. The summed E-state index contributed by atoms with van der Waals surface area (Å²) in [6.45, 7) is 3.05. The van der Waals surface area contributed by atoms with Crippen LogP contribution in [0.25, 0.3) is 6.08 Å². The predicted molar refractivity (Wildman–Crippen MR) is 118 cm³/mol. The third-order valence-corrected chi connectivity index (χ3v) is 4.88. The first kappa shape index (κ1) is 21.1. The van der Waals surface area contributed by atoms with Crippen LogP contribution in [0.1, 0.15) is 22.3 Å². The maximum absolute atomic E-state index is 13.1. The van der Waals surface area contributed by atoms with Gasteiger partial charge in [-0.15, -0.1) is 0 Å². The van der Waals surface area contributed by atoms with E-state index in [2.05, 4.69) is 24.0 Å². The number of amides is 1. The van der Waals surface area contributed by atoms with Crippen LogP contribution in [0, 0.1) is 6.92 Å². The summed E-state index contributed by atoms with van der Waals surface area (Å²) in [5.41, 5.74) is 4.06. The molecule has 3 rings (SSSR count). The zero-order valence-corrected chi connectivity index (χ0v) is 17.5. The summed E-state index contributed by atoms with van der Waals surface area (Å²) in [5, 5.41) is 0. The Morgan fingerprint density at radius 1 is 1.03 bits per heavy atom. The molecule has 154 valence electrons. The van der Waals surface area contributed by atoms with Gasteiger partial charge in [-0.3, -0.25) is 9.78 Å². The summed E-state index contributed by atoms with van der Waals surface area (Å²) in [5.74, 6) is 1.27. The van der Waals surface area contributed by atoms with Crippen molar-refractivity contribution in [2.24, 2.45) is 0 Å². The first-order valence-corrected chi connectivity index (χ1v) is 9.73. The van der Waals surface area contributed by atoms with Gasteiger partial charge in [0.05, 0.1) is 14.2 Å². The quantitative estimate of drug-likeness (QED) is 0.515. The molecule has 0 saturated carbocycles. The fourth-order valence-electron chi connectivity index (χ4n) is 3.14. The van der Waals surface area contributed by atoms with E-state index in [0.717, 1.165) is 22.3 Å². The maximum Gasteiger partial charge on any atom is 0.247 e. The molecule has 30 heavy (non-hydrogen) atoms. The molecule has 3 aromatic rings. The maximum atomic E-state index is 13.1. The van der Waals surface area contributed by atoms with E-state index in [-0.39, 0.29) is 5.91 Å². The third-order valence-electron chi connectivity index (χ3n) is 4.88. The molecule has 2 aromatic carbocycles. The van der Waals surface area contributed by atoms with Crippen LogP contribution >= 0.6 is 0 Å². The number of nitrogens with zero attached hydrogens (tertiary/aromatic N) is 2. The van der Waals surface area contributed by atoms with Crippen molar-refractivity contribution >= 4 is 12.0 Å². The van der Waals surface area contributed by atoms with Gasteiger partial charge < -0.3 is 14.4 Å². The molecule has 0 atom stereocenters. The summed E-state index contributed by atoms with van der Waals surface area (Å²) in [6.07, 6.45) is 6.87. The molecule has 0 unspecified atom stereocenters. The van der Waals surface area contributed by atoms with Crippen molar-refractivity contribution in [2.45, 2.75) is 20.0 Å². The van der Waals surface area contributed by atoms with Crippen LogP contribution in [0.2, 0.25) is 0 Å². The number of methoxy groups -OCH3 is 2. The number of carbonyl (C=O) groups is 1. The molecular weight excluding hydrogens is 376 g/mol. The van der Waals surface area contributed by atoms with E-state index in [1.807, 2.05) is 41.3 Å². The van der Waals surface area contributed by atoms with Crippen molar-refractivity contribution in [3.63, 3.8) is 0 Å². The van der Waals surface area contributed by atoms with E-state index in [0.29, 0.717) is 24.6 Å². The molecule has 0 aliphatic rings. The van der Waals surface area contributed by atoms with Crippen LogP contribution in [0.4, 0.5) is 0 Å². The Morgan fingerprint density at radius 3 is 2.57 bits per heavy atom. The minimum absolute atomic E-state index is 0.0834. The Balaban J connectivity index is 1.84. The van der Waals surface area contributed by atoms with E-state index < -0.39 is 0 Å². The highest BCUT2D eigenvalue weighted by Gasteiger charge is 2.14. The van der Waals surface area contributed by atoms with Gasteiger partial charge in [0.1, 0.15) is 11.5 Å². The monoisotopic (exact) mass is 402 g/mol. The SMILES string of the molecule is COc1ccc(/C=C/C(=O)N(Cc2cccnc2)Cc2ccccc2C)c(OC)c1. The number of benzene rings is 2. The van der Waals surface area contributed by atoms with E-state index >= 15 is 0 Å². The molecule has 0 aliphatic carbocycles. The normalized spacial score (nSPS) is 10.8. The highest BCUT2D eigenvalue weighted by Crippen LogP contribution is 2.25. The second kappa shape index (κ2) is 10.3. The van der Waals surface area contributed by atoms with Crippen LogP contribution < -0.4 is 9.47 Å². The molecule has 1 heterocycles. The topological polar surface area (TPSA) is 51.7 Å². The van der Waals surface area contributed by atoms with Gasteiger partial charge in [0.25, 0.3) is 0 Å². The van der Waals surface area contributed by atoms with E-state index in [4.69, 9.17) is 9.47 Å². The minimum Gasteiger partial charge on any atom is -0.497 e. The number of rotatable bonds is 8. The molecule has 5 heteroatoms. The third kappa shape index (κ3) is 5.47. The van der Waals surface area contributed by atoms with Crippen molar-refractivity contribution in [1.82, 2.24) is 9.88 Å². The van der Waals surface area contributed by atoms with Gasteiger partial charge >= 0.3 is 0 Å². The predicted octanol–water partition coefficient (Wildman–Crippen LogP) is 4.65. The van der Waals surface area contributed by atoms with Crippen LogP contribution in [-0.2, 0) is 17.9 Å². The van der Waals surface area contributed by atoms with Crippen molar-refractivity contribution in [2.75, 3.05) is 14.2 Å². The Kier molecular flexibility index (Phi) is 7.22. The average Bonchev–Trinajstić information content (AvgIpc) is 2.79. The number of pyridine rings is 1. The van der Waals surface area contributed by atoms with Gasteiger partial charge in [0.15, 0.2) is 0 Å². The highest BCUT2D eigenvalue weighted by molar-refractivity contribution is 5.92. The molecule has 1 aromatic heterocycles. The molecule has 0 radical (unpaired) electrons. The fraction of sp³-hybridized carbons (Fsp3) is 0.200. The number of ether oxygens (including phenoxy) is 2. The number of hydrogen-bond donors (Lipinski definition) is 0. The number of hydrogen-bond acceptors (Lipinski definition) is 4. The molecule has 5 nitrogen and oxygen atoms in total. The fourth-order valence-corrected chi connectivity index (χ4v) is 3.14. The van der Waals surface area contributed by atoms with E-state index in [1.54, 1.807) is 44.8 Å². The number of carbonyl (C=O) groups excluding carboxylic acids is 1. The summed E-state index contributed by atoms with van der Waals surface area (Å²) in [7, 11) is 3.20. The first-order chi connectivity index (χ1) is 14.6. The van der Waals surface area contributed by atoms with Gasteiger partial charge in [0, 0.05) is 43.2 Å². The summed E-state index contributed by atoms with van der Waals surface area (Å²) in [6, 6.07) is 17.5. The van der Waals surface area contributed by atoms with Gasteiger partial charge in [-0.1, -0.05) is 30.3 Å². The van der Waals surface area contributed by atoms with Gasteiger partial charge in [-0.2, -0.15) is 0 Å². The molecule has 0 bridgehead atoms. The first-order valence-electron chi connectivity index (χ1n) is 9.73. The lowest BCUT2D eigenvalue weighted by atomic mass is 10.1. The standard InChI is InChI=1S/C25H26N2O3/c1-19-7-4-5-9-22(19)18-27(17-20-8-6-14-26-16-20)25(28)13-11-21-10-12-23(29-2)15-24(21)30-3/h4-16H,17-18H2,1-3H3/b13-11+. The van der Waals surface area contributed by atoms with Crippen LogP contribution in [-0.4, -0.2) is 30.0 Å². The van der Waals surface area contributed by atoms with Crippen LogP contribution in [0.3, 0.4) is 0 Å². The average molecular weight is 402 g/mol. The molecule has 0 N–H and O–H groups in total. The van der Waals surface area contributed by atoms with Gasteiger partial charge in [-0.25, -0.2) is 0 Å². The Morgan fingerprint density at radius 2 is 1.87 bits per heavy atom. The number of aryl methyl sites for hydroxylation is 1. The molecule has 0 spiro atoms. The Hall–Kier alpha value is -3.60. The van der Waals surface area contributed by atoms with Gasteiger partial charge in [-0.05, 0) is 47.9 Å². The summed E-state index contributed by atoms with van der Waals surface area (Å²) < 4.78 is 10.7. The van der Waals surface area contributed by atoms with E-state index in [9.17, 15) is 4.79 Å². The number of aromatic nitrogens is 1. The second-order valence-electron chi connectivity index (χ2n) is 6.92. The molecular formula is C25H26N2O3. The van der Waals surface area contributed by atoms with Crippen LogP contribution in [0.15, 0.2) is 73.1 Å². The van der Waals surface area contributed by atoms with Crippen molar-refractivity contribution in [3.8, 4) is 11.5 Å². The summed E-state index contributed by atoms with van der Waals surface area (Å²) >= 11 is 0. The van der Waals surface area contributed by atoms with Gasteiger partial charge in [0.2, 0.25) is 5.91 Å². The lowest BCUT2D eigenvalue weighted by Gasteiger charge is -2.22. The zero-order chi connectivity index (χ0) is 21.3. The smallest absolute Gasteiger partial charge is 0.247 e. The van der Waals surface area contributed by atoms with Crippen molar-refractivity contribution < 1.29 is 14.3 Å². The second-order valence-corrected chi connectivity index (χ2v) is 6.92. The Bertz CT molecular complexity index is 1020. The van der Waals surface area contributed by atoms with Crippen molar-refractivity contribution in [1.29, 1.82) is 0 Å². The van der Waals surface area contributed by atoms with Crippen molar-refractivity contribution in [3.05, 3.63) is 95.3 Å².